The highest BCUT2D eigenvalue weighted by molar-refractivity contribution is 5.80. The number of ether oxygens (including phenoxy) is 1. The Labute approximate surface area is 142 Å². The predicted molar refractivity (Wildman–Crippen MR) is 92.1 cm³/mol. The van der Waals surface area contributed by atoms with Crippen LogP contribution in [0.3, 0.4) is 0 Å². The molecule has 1 aromatic rings. The Morgan fingerprint density at radius 2 is 2.12 bits per heavy atom. The lowest BCUT2D eigenvalue weighted by atomic mass is 9.97. The van der Waals surface area contributed by atoms with Crippen LogP contribution in [-0.2, 0) is 16.1 Å². The third-order valence-electron chi connectivity index (χ3n) is 4.05. The van der Waals surface area contributed by atoms with Crippen molar-refractivity contribution in [3.63, 3.8) is 0 Å². The molecule has 1 saturated heterocycles. The smallest absolute Gasteiger partial charge is 0.309 e. The van der Waals surface area contributed by atoms with E-state index in [2.05, 4.69) is 15.2 Å². The van der Waals surface area contributed by atoms with Crippen LogP contribution in [0.4, 0.5) is 4.39 Å². The minimum absolute atomic E-state index is 0.0210. The molecule has 1 heterocycles. The van der Waals surface area contributed by atoms with Crippen LogP contribution in [-0.4, -0.2) is 43.1 Å². The highest BCUT2D eigenvalue weighted by Crippen LogP contribution is 2.19. The number of piperidine rings is 1. The lowest BCUT2D eigenvalue weighted by Gasteiger charge is -2.33. The number of nitrogens with zero attached hydrogens (tertiary/aromatic N) is 2. The molecule has 24 heavy (non-hydrogen) atoms. The normalized spacial score (nSPS) is 16.1. The van der Waals surface area contributed by atoms with Crippen molar-refractivity contribution in [1.29, 1.82) is 0 Å². The SMILES string of the molecule is CCNC(=NCc1cccc(F)c1)N1CCC(C(=O)OCC)CC1. The Kier molecular flexibility index (Phi) is 7.03. The Bertz CT molecular complexity index is 569. The highest BCUT2D eigenvalue weighted by Gasteiger charge is 2.27. The maximum absolute atomic E-state index is 13.3. The van der Waals surface area contributed by atoms with Crippen molar-refractivity contribution in [1.82, 2.24) is 10.2 Å². The van der Waals surface area contributed by atoms with Gasteiger partial charge in [-0.3, -0.25) is 4.79 Å². The van der Waals surface area contributed by atoms with E-state index in [0.717, 1.165) is 44.0 Å². The molecule has 0 aliphatic carbocycles. The summed E-state index contributed by atoms with van der Waals surface area (Å²) in [6, 6.07) is 6.49. The monoisotopic (exact) mass is 335 g/mol. The van der Waals surface area contributed by atoms with Crippen LogP contribution < -0.4 is 5.32 Å². The van der Waals surface area contributed by atoms with E-state index >= 15 is 0 Å². The molecule has 0 spiro atoms. The summed E-state index contributed by atoms with van der Waals surface area (Å²) >= 11 is 0. The van der Waals surface area contributed by atoms with Gasteiger partial charge in [0.05, 0.1) is 19.1 Å². The van der Waals surface area contributed by atoms with Gasteiger partial charge in [0.15, 0.2) is 5.96 Å². The van der Waals surface area contributed by atoms with E-state index in [9.17, 15) is 9.18 Å². The van der Waals surface area contributed by atoms with Gasteiger partial charge in [-0.15, -0.1) is 0 Å². The van der Waals surface area contributed by atoms with Crippen molar-refractivity contribution in [3.8, 4) is 0 Å². The number of hydrogen-bond acceptors (Lipinski definition) is 3. The topological polar surface area (TPSA) is 53.9 Å². The zero-order chi connectivity index (χ0) is 17.4. The van der Waals surface area contributed by atoms with E-state index < -0.39 is 0 Å². The van der Waals surface area contributed by atoms with Gasteiger partial charge < -0.3 is 15.0 Å². The van der Waals surface area contributed by atoms with Gasteiger partial charge in [0.2, 0.25) is 0 Å². The molecule has 1 aliphatic rings. The number of rotatable bonds is 5. The third kappa shape index (κ3) is 5.22. The number of hydrogen-bond donors (Lipinski definition) is 1. The van der Waals surface area contributed by atoms with E-state index in [1.54, 1.807) is 6.07 Å². The first kappa shape index (κ1) is 18.2. The summed E-state index contributed by atoms with van der Waals surface area (Å²) in [6.07, 6.45) is 1.53. The number of likely N-dealkylation sites (tertiary alicyclic amines) is 1. The van der Waals surface area contributed by atoms with Crippen LogP contribution >= 0.6 is 0 Å². The van der Waals surface area contributed by atoms with E-state index in [4.69, 9.17) is 4.74 Å². The van der Waals surface area contributed by atoms with E-state index in [0.29, 0.717) is 13.2 Å². The quantitative estimate of drug-likeness (QED) is 0.510. The first-order chi connectivity index (χ1) is 11.6. The van der Waals surface area contributed by atoms with Gasteiger partial charge in [-0.2, -0.15) is 0 Å². The Morgan fingerprint density at radius 3 is 2.75 bits per heavy atom. The molecule has 1 aromatic carbocycles. The average Bonchev–Trinajstić information content (AvgIpc) is 2.59. The van der Waals surface area contributed by atoms with Crippen LogP contribution in [0.1, 0.15) is 32.3 Å². The zero-order valence-electron chi connectivity index (χ0n) is 14.4. The molecule has 0 unspecified atom stereocenters. The van der Waals surface area contributed by atoms with Gasteiger partial charge in [0, 0.05) is 19.6 Å². The van der Waals surface area contributed by atoms with Gasteiger partial charge in [-0.05, 0) is 44.4 Å². The van der Waals surface area contributed by atoms with Gasteiger partial charge >= 0.3 is 5.97 Å². The van der Waals surface area contributed by atoms with Crippen LogP contribution in [0, 0.1) is 11.7 Å². The van der Waals surface area contributed by atoms with Gasteiger partial charge in [-0.1, -0.05) is 12.1 Å². The Balaban J connectivity index is 1.95. The second-order valence-electron chi connectivity index (χ2n) is 5.81. The molecule has 2 rings (SSSR count). The predicted octanol–water partition coefficient (Wildman–Crippen LogP) is 2.57. The molecule has 0 atom stereocenters. The molecule has 0 bridgehead atoms. The van der Waals surface area contributed by atoms with Crippen molar-refractivity contribution in [2.45, 2.75) is 33.2 Å². The second-order valence-corrected chi connectivity index (χ2v) is 5.81. The molecule has 6 heteroatoms. The van der Waals surface area contributed by atoms with Crippen molar-refractivity contribution >= 4 is 11.9 Å². The number of halogens is 1. The summed E-state index contributed by atoms with van der Waals surface area (Å²) in [7, 11) is 0. The van der Waals surface area contributed by atoms with Crippen LogP contribution in [0.25, 0.3) is 0 Å². The number of esters is 1. The molecule has 1 N–H and O–H groups in total. The summed E-state index contributed by atoms with van der Waals surface area (Å²) < 4.78 is 18.4. The number of guanidine groups is 1. The maximum Gasteiger partial charge on any atom is 0.309 e. The third-order valence-corrected chi connectivity index (χ3v) is 4.05. The molecule has 0 amide bonds. The lowest BCUT2D eigenvalue weighted by Crippen LogP contribution is -2.46. The van der Waals surface area contributed by atoms with Crippen molar-refractivity contribution in [3.05, 3.63) is 35.6 Å². The van der Waals surface area contributed by atoms with Crippen LogP contribution in [0.5, 0.6) is 0 Å². The molecule has 5 nitrogen and oxygen atoms in total. The fourth-order valence-electron chi connectivity index (χ4n) is 2.81. The summed E-state index contributed by atoms with van der Waals surface area (Å²) in [4.78, 5) is 18.6. The zero-order valence-corrected chi connectivity index (χ0v) is 14.4. The lowest BCUT2D eigenvalue weighted by molar-refractivity contribution is -0.149. The molecule has 1 fully saturated rings. The molecule has 0 radical (unpaired) electrons. The minimum atomic E-state index is -0.247. The van der Waals surface area contributed by atoms with Crippen molar-refractivity contribution < 1.29 is 13.9 Å². The van der Waals surface area contributed by atoms with E-state index in [1.165, 1.54) is 12.1 Å². The summed E-state index contributed by atoms with van der Waals surface area (Å²) in [5.41, 5.74) is 0.840. The van der Waals surface area contributed by atoms with Crippen molar-refractivity contribution in [2.24, 2.45) is 10.9 Å². The Morgan fingerprint density at radius 1 is 1.38 bits per heavy atom. The minimum Gasteiger partial charge on any atom is -0.466 e. The molecular formula is C18H26FN3O2. The number of carbonyl (C=O) groups excluding carboxylic acids is 1. The summed E-state index contributed by atoms with van der Waals surface area (Å²) in [6.45, 7) is 6.99. The van der Waals surface area contributed by atoms with E-state index in [-0.39, 0.29) is 17.7 Å². The molecular weight excluding hydrogens is 309 g/mol. The van der Waals surface area contributed by atoms with Gasteiger partial charge in [0.25, 0.3) is 0 Å². The molecule has 0 aromatic heterocycles. The highest BCUT2D eigenvalue weighted by atomic mass is 19.1. The van der Waals surface area contributed by atoms with Gasteiger partial charge in [0.1, 0.15) is 5.82 Å². The Hall–Kier alpha value is -2.11. The number of aliphatic imine (C=N–C) groups is 1. The van der Waals surface area contributed by atoms with Crippen LogP contribution in [0.15, 0.2) is 29.3 Å². The van der Waals surface area contributed by atoms with E-state index in [1.807, 2.05) is 19.9 Å². The fourth-order valence-corrected chi connectivity index (χ4v) is 2.81. The standard InChI is InChI=1S/C18H26FN3O2/c1-3-20-18(21-13-14-6-5-7-16(19)12-14)22-10-8-15(9-11-22)17(23)24-4-2/h5-7,12,15H,3-4,8-11,13H2,1-2H3,(H,20,21). The maximum atomic E-state index is 13.3. The number of benzene rings is 1. The first-order valence-corrected chi connectivity index (χ1v) is 8.58. The fraction of sp³-hybridized carbons (Fsp3) is 0.556. The van der Waals surface area contributed by atoms with Gasteiger partial charge in [-0.25, -0.2) is 9.38 Å². The largest absolute Gasteiger partial charge is 0.466 e. The second kappa shape index (κ2) is 9.25. The molecule has 132 valence electrons. The number of carbonyl (C=O) groups is 1. The van der Waals surface area contributed by atoms with Crippen molar-refractivity contribution in [2.75, 3.05) is 26.2 Å². The summed E-state index contributed by atoms with van der Waals surface area (Å²) in [5, 5.41) is 3.27. The summed E-state index contributed by atoms with van der Waals surface area (Å²) in [5.74, 6) is 0.443. The number of nitrogens with one attached hydrogen (secondary N) is 1. The van der Waals surface area contributed by atoms with Crippen LogP contribution in [0.2, 0.25) is 0 Å². The average molecular weight is 335 g/mol. The molecule has 1 aliphatic heterocycles. The molecule has 0 saturated carbocycles. The first-order valence-electron chi connectivity index (χ1n) is 8.58.